The Labute approximate surface area is 222 Å². The van der Waals surface area contributed by atoms with Crippen LogP contribution in [0.25, 0.3) is 0 Å². The molecule has 1 aromatic rings. The second-order valence-corrected chi connectivity index (χ2v) is 9.35. The molecule has 1 unspecified atom stereocenters. The highest BCUT2D eigenvalue weighted by Gasteiger charge is 2.12. The first kappa shape index (κ1) is 30.8. The summed E-state index contributed by atoms with van der Waals surface area (Å²) >= 11 is 0. The van der Waals surface area contributed by atoms with Crippen molar-refractivity contribution in [1.29, 1.82) is 0 Å². The molecule has 0 amide bonds. The molecule has 1 heteroatoms. The van der Waals surface area contributed by atoms with Gasteiger partial charge in [0.1, 0.15) is 0 Å². The molecule has 0 spiro atoms. The van der Waals surface area contributed by atoms with Gasteiger partial charge >= 0.3 is 0 Å². The molecule has 0 aliphatic heterocycles. The number of hydrogen-bond acceptors (Lipinski definition) is 0. The van der Waals surface area contributed by atoms with E-state index in [9.17, 15) is 0 Å². The first-order valence-corrected chi connectivity index (χ1v) is 13.5. The number of benzene rings is 1. The average molecular weight is 483 g/mol. The highest BCUT2D eigenvalue weighted by molar-refractivity contribution is 5.65. The molecule has 36 heavy (non-hydrogen) atoms. The fraction of sp³-hybridized carbons (Fsp3) is 0.343. The van der Waals surface area contributed by atoms with Gasteiger partial charge in [-0.1, -0.05) is 122 Å². The highest BCUT2D eigenvalue weighted by atomic mass is 15.0. The van der Waals surface area contributed by atoms with E-state index >= 15 is 0 Å². The third kappa shape index (κ3) is 11.0. The van der Waals surface area contributed by atoms with Gasteiger partial charge in [0, 0.05) is 11.0 Å². The molecule has 192 valence electrons. The van der Waals surface area contributed by atoms with Crippen LogP contribution in [-0.2, 0) is 19.4 Å². The van der Waals surface area contributed by atoms with Gasteiger partial charge in [0.2, 0.25) is 0 Å². The van der Waals surface area contributed by atoms with E-state index in [1.165, 1.54) is 27.8 Å². The van der Waals surface area contributed by atoms with E-state index in [1.807, 2.05) is 40.1 Å². The number of nitrogens with zero attached hydrogens (tertiary/aromatic N) is 1. The largest absolute Gasteiger partial charge is 0.201 e. The lowest BCUT2D eigenvalue weighted by atomic mass is 9.92. The standard InChI is InChI=1S/C31H36N.2C2H6/c1-6-17-32(7-2)24-30-22-28(19-26-13-10-15-31(4,5)16-14-26)21-29(23-30)20-27-12-9-8-11-25(3)18-27;2*1-2/h6-18,21-23,25H,1-2,19-20,24H2,3-5H3;2*1-2H3/q+1;;. The van der Waals surface area contributed by atoms with E-state index < -0.39 is 0 Å². The Morgan fingerprint density at radius 2 is 1.47 bits per heavy atom. The Hall–Kier alpha value is -3.19. The zero-order valence-corrected chi connectivity index (χ0v) is 23.8. The van der Waals surface area contributed by atoms with Crippen LogP contribution in [0.2, 0.25) is 0 Å². The van der Waals surface area contributed by atoms with Crippen LogP contribution in [0, 0.1) is 11.3 Å². The van der Waals surface area contributed by atoms with Gasteiger partial charge in [0.25, 0.3) is 0 Å². The summed E-state index contributed by atoms with van der Waals surface area (Å²) in [7, 11) is 0. The Morgan fingerprint density at radius 3 is 2.11 bits per heavy atom. The molecule has 0 fully saturated rings. The SMILES string of the molecule is C=CC=[N+](C=C)Cc1cc(CC2=CC=CC(C)(C)C=C2)cc(CC2=CC(C)C=CC=C2)c1.CC.CC. The first-order valence-electron chi connectivity index (χ1n) is 13.5. The smallest absolute Gasteiger partial charge is 0.173 e. The van der Waals surface area contributed by atoms with Gasteiger partial charge in [0.05, 0.1) is 0 Å². The highest BCUT2D eigenvalue weighted by Crippen LogP contribution is 2.25. The average Bonchev–Trinajstić information content (AvgIpc) is 3.17. The molecule has 1 nitrogen and oxygen atoms in total. The maximum Gasteiger partial charge on any atom is 0.173 e. The zero-order chi connectivity index (χ0) is 27.0. The fourth-order valence-corrected chi connectivity index (χ4v) is 4.09. The molecular weight excluding hydrogens is 434 g/mol. The normalized spacial score (nSPS) is 17.9. The summed E-state index contributed by atoms with van der Waals surface area (Å²) in [6.07, 6.45) is 29.8. The van der Waals surface area contributed by atoms with Crippen LogP contribution in [-0.4, -0.2) is 10.8 Å². The van der Waals surface area contributed by atoms with Crippen molar-refractivity contribution in [3.05, 3.63) is 132 Å². The lowest BCUT2D eigenvalue weighted by molar-refractivity contribution is -0.468. The Kier molecular flexibility index (Phi) is 14.1. The van der Waals surface area contributed by atoms with Crippen molar-refractivity contribution in [2.45, 2.75) is 67.9 Å². The minimum Gasteiger partial charge on any atom is -0.201 e. The molecule has 1 aromatic carbocycles. The number of rotatable bonds is 8. The molecule has 0 heterocycles. The molecule has 2 aliphatic carbocycles. The maximum absolute atomic E-state index is 3.95. The topological polar surface area (TPSA) is 3.01 Å². The summed E-state index contributed by atoms with van der Waals surface area (Å²) in [6.45, 7) is 23.3. The second kappa shape index (κ2) is 16.5. The van der Waals surface area contributed by atoms with E-state index in [0.29, 0.717) is 5.92 Å². The minimum atomic E-state index is 0.0965. The first-order chi connectivity index (χ1) is 17.4. The summed E-state index contributed by atoms with van der Waals surface area (Å²) < 4.78 is 2.07. The van der Waals surface area contributed by atoms with Crippen LogP contribution >= 0.6 is 0 Å². The Bertz CT molecular complexity index is 1060. The summed E-state index contributed by atoms with van der Waals surface area (Å²) in [4.78, 5) is 0. The third-order valence-electron chi connectivity index (χ3n) is 5.70. The molecule has 2 aliphatic rings. The van der Waals surface area contributed by atoms with Crippen molar-refractivity contribution in [2.24, 2.45) is 11.3 Å². The van der Waals surface area contributed by atoms with Crippen molar-refractivity contribution >= 4 is 6.21 Å². The van der Waals surface area contributed by atoms with E-state index in [-0.39, 0.29) is 5.41 Å². The van der Waals surface area contributed by atoms with Gasteiger partial charge in [-0.2, -0.15) is 0 Å². The quantitative estimate of drug-likeness (QED) is 0.256. The van der Waals surface area contributed by atoms with Crippen molar-refractivity contribution in [2.75, 3.05) is 0 Å². The maximum atomic E-state index is 3.95. The summed E-state index contributed by atoms with van der Waals surface area (Å²) in [5.41, 5.74) is 6.77. The van der Waals surface area contributed by atoms with Gasteiger partial charge in [-0.25, -0.2) is 4.58 Å². The lowest BCUT2D eigenvalue weighted by Gasteiger charge is -2.13. The molecule has 0 saturated heterocycles. The second-order valence-electron chi connectivity index (χ2n) is 9.35. The van der Waals surface area contributed by atoms with Crippen LogP contribution in [0.4, 0.5) is 0 Å². The molecule has 0 N–H and O–H groups in total. The van der Waals surface area contributed by atoms with Gasteiger partial charge in [-0.3, -0.25) is 0 Å². The predicted molar refractivity (Wildman–Crippen MR) is 163 cm³/mol. The minimum absolute atomic E-state index is 0.0965. The summed E-state index contributed by atoms with van der Waals surface area (Å²) in [5.74, 6) is 0.456. The molecule has 3 rings (SSSR count). The van der Waals surface area contributed by atoms with Crippen LogP contribution in [0.1, 0.15) is 65.2 Å². The Balaban J connectivity index is 0.00000154. The van der Waals surface area contributed by atoms with Crippen molar-refractivity contribution < 1.29 is 4.58 Å². The summed E-state index contributed by atoms with van der Waals surface area (Å²) in [6, 6.07) is 7.02. The molecule has 0 saturated carbocycles. The Morgan fingerprint density at radius 1 is 0.833 bits per heavy atom. The van der Waals surface area contributed by atoms with E-state index in [1.54, 1.807) is 6.08 Å². The van der Waals surface area contributed by atoms with Crippen LogP contribution in [0.5, 0.6) is 0 Å². The fourth-order valence-electron chi connectivity index (χ4n) is 4.09. The van der Waals surface area contributed by atoms with E-state index in [0.717, 1.165) is 19.4 Å². The molecule has 1 atom stereocenters. The monoisotopic (exact) mass is 482 g/mol. The number of hydrogen-bond donors (Lipinski definition) is 0. The van der Waals surface area contributed by atoms with Crippen molar-refractivity contribution in [3.8, 4) is 0 Å². The van der Waals surface area contributed by atoms with Crippen molar-refractivity contribution in [3.63, 3.8) is 0 Å². The van der Waals surface area contributed by atoms with Crippen molar-refractivity contribution in [1.82, 2.24) is 0 Å². The third-order valence-corrected chi connectivity index (χ3v) is 5.70. The predicted octanol–water partition coefficient (Wildman–Crippen LogP) is 9.50. The molecule has 0 aromatic heterocycles. The van der Waals surface area contributed by atoms with Gasteiger partial charge in [0.15, 0.2) is 19.0 Å². The number of allylic oxidation sites excluding steroid dienone is 13. The van der Waals surface area contributed by atoms with E-state index in [2.05, 4.69) is 117 Å². The molecule has 0 radical (unpaired) electrons. The van der Waals surface area contributed by atoms with Gasteiger partial charge in [-0.05, 0) is 65.8 Å². The zero-order valence-electron chi connectivity index (χ0n) is 23.8. The molecular formula is C35H48N+. The van der Waals surface area contributed by atoms with Crippen LogP contribution in [0.15, 0.2) is 116 Å². The molecule has 0 bridgehead atoms. The summed E-state index contributed by atoms with van der Waals surface area (Å²) in [5, 5.41) is 0. The lowest BCUT2D eigenvalue weighted by Crippen LogP contribution is -2.06. The van der Waals surface area contributed by atoms with Gasteiger partial charge in [-0.15, -0.1) is 0 Å². The van der Waals surface area contributed by atoms with Crippen LogP contribution in [0.3, 0.4) is 0 Å². The van der Waals surface area contributed by atoms with E-state index in [4.69, 9.17) is 0 Å². The van der Waals surface area contributed by atoms with Gasteiger partial charge < -0.3 is 0 Å². The van der Waals surface area contributed by atoms with Crippen LogP contribution < -0.4 is 0 Å².